The molecule has 2 aromatic carbocycles. The molecule has 0 aromatic heterocycles. The lowest BCUT2D eigenvalue weighted by molar-refractivity contribution is 0.199. The maximum atomic E-state index is 14.3. The van der Waals surface area contributed by atoms with Gasteiger partial charge in [-0.3, -0.25) is 0 Å². The lowest BCUT2D eigenvalue weighted by atomic mass is 10.0. The SMILES string of the molecule is CC(O)c1ccc(N2CCc3ccccc3CC2)c(F)c1. The van der Waals surface area contributed by atoms with Crippen molar-refractivity contribution in [2.75, 3.05) is 18.0 Å². The number of aliphatic hydroxyl groups excluding tert-OH is 1. The number of anilines is 1. The quantitative estimate of drug-likeness (QED) is 0.913. The molecule has 3 heteroatoms. The van der Waals surface area contributed by atoms with Crippen molar-refractivity contribution in [1.29, 1.82) is 0 Å². The van der Waals surface area contributed by atoms with Crippen molar-refractivity contribution in [2.45, 2.75) is 25.9 Å². The van der Waals surface area contributed by atoms with Crippen LogP contribution in [0.25, 0.3) is 0 Å². The molecule has 1 N–H and O–H groups in total. The number of halogens is 1. The molecule has 0 aliphatic carbocycles. The summed E-state index contributed by atoms with van der Waals surface area (Å²) < 4.78 is 14.3. The van der Waals surface area contributed by atoms with Gasteiger partial charge in [0.2, 0.25) is 0 Å². The zero-order valence-electron chi connectivity index (χ0n) is 12.2. The number of hydrogen-bond acceptors (Lipinski definition) is 2. The lowest BCUT2D eigenvalue weighted by Gasteiger charge is -2.23. The second-order valence-electron chi connectivity index (χ2n) is 5.64. The molecule has 0 spiro atoms. The summed E-state index contributed by atoms with van der Waals surface area (Å²) in [6.45, 7) is 3.29. The van der Waals surface area contributed by atoms with Gasteiger partial charge in [0.15, 0.2) is 0 Å². The molecule has 110 valence electrons. The van der Waals surface area contributed by atoms with E-state index in [1.54, 1.807) is 19.1 Å². The molecular weight excluding hydrogens is 265 g/mol. The number of nitrogens with zero attached hydrogens (tertiary/aromatic N) is 1. The minimum absolute atomic E-state index is 0.251. The largest absolute Gasteiger partial charge is 0.389 e. The van der Waals surface area contributed by atoms with Crippen LogP contribution < -0.4 is 4.90 Å². The molecule has 1 aliphatic rings. The first kappa shape index (κ1) is 14.1. The summed E-state index contributed by atoms with van der Waals surface area (Å²) in [5.74, 6) is -0.251. The van der Waals surface area contributed by atoms with Crippen molar-refractivity contribution < 1.29 is 9.50 Å². The van der Waals surface area contributed by atoms with E-state index in [0.29, 0.717) is 11.3 Å². The van der Waals surface area contributed by atoms with E-state index < -0.39 is 6.10 Å². The van der Waals surface area contributed by atoms with Crippen LogP contribution >= 0.6 is 0 Å². The smallest absolute Gasteiger partial charge is 0.146 e. The summed E-state index contributed by atoms with van der Waals surface area (Å²) in [4.78, 5) is 2.10. The Balaban J connectivity index is 1.83. The molecule has 3 rings (SSSR count). The summed E-state index contributed by atoms with van der Waals surface area (Å²) in [6.07, 6.45) is 1.24. The average molecular weight is 285 g/mol. The maximum absolute atomic E-state index is 14.3. The topological polar surface area (TPSA) is 23.5 Å². The van der Waals surface area contributed by atoms with Crippen LogP contribution in [0.5, 0.6) is 0 Å². The van der Waals surface area contributed by atoms with E-state index >= 15 is 0 Å². The Kier molecular flexibility index (Phi) is 3.93. The van der Waals surface area contributed by atoms with Crippen LogP contribution in [-0.4, -0.2) is 18.2 Å². The van der Waals surface area contributed by atoms with Crippen LogP contribution in [0.1, 0.15) is 29.7 Å². The predicted molar refractivity (Wildman–Crippen MR) is 83.1 cm³/mol. The summed E-state index contributed by atoms with van der Waals surface area (Å²) in [5.41, 5.74) is 3.98. The molecule has 0 bridgehead atoms. The van der Waals surface area contributed by atoms with Crippen LogP contribution in [0.2, 0.25) is 0 Å². The van der Waals surface area contributed by atoms with Crippen molar-refractivity contribution in [3.8, 4) is 0 Å². The normalized spacial score (nSPS) is 16.2. The second kappa shape index (κ2) is 5.86. The van der Waals surface area contributed by atoms with Gasteiger partial charge in [0.05, 0.1) is 11.8 Å². The Bertz CT molecular complexity index is 612. The summed E-state index contributed by atoms with van der Waals surface area (Å²) in [5, 5.41) is 9.53. The van der Waals surface area contributed by atoms with Gasteiger partial charge >= 0.3 is 0 Å². The molecule has 1 atom stereocenters. The van der Waals surface area contributed by atoms with E-state index in [0.717, 1.165) is 25.9 Å². The fourth-order valence-electron chi connectivity index (χ4n) is 2.95. The Morgan fingerprint density at radius 1 is 1.05 bits per heavy atom. The molecule has 1 aliphatic heterocycles. The Morgan fingerprint density at radius 3 is 2.19 bits per heavy atom. The zero-order valence-corrected chi connectivity index (χ0v) is 12.2. The Labute approximate surface area is 124 Å². The second-order valence-corrected chi connectivity index (χ2v) is 5.64. The van der Waals surface area contributed by atoms with E-state index in [2.05, 4.69) is 29.2 Å². The van der Waals surface area contributed by atoms with Crippen molar-refractivity contribution >= 4 is 5.69 Å². The first-order valence-electron chi connectivity index (χ1n) is 7.44. The van der Waals surface area contributed by atoms with Crippen LogP contribution in [0.15, 0.2) is 42.5 Å². The highest BCUT2D eigenvalue weighted by Gasteiger charge is 2.17. The summed E-state index contributed by atoms with van der Waals surface area (Å²) >= 11 is 0. The molecule has 2 aromatic rings. The van der Waals surface area contributed by atoms with E-state index in [1.807, 2.05) is 0 Å². The van der Waals surface area contributed by atoms with Gasteiger partial charge in [-0.25, -0.2) is 4.39 Å². The molecule has 0 amide bonds. The minimum Gasteiger partial charge on any atom is -0.389 e. The number of fused-ring (bicyclic) bond motifs is 1. The first-order chi connectivity index (χ1) is 10.1. The highest BCUT2D eigenvalue weighted by molar-refractivity contribution is 5.50. The van der Waals surface area contributed by atoms with Gasteiger partial charge in [-0.1, -0.05) is 30.3 Å². The fourth-order valence-corrected chi connectivity index (χ4v) is 2.95. The number of aliphatic hydroxyl groups is 1. The van der Waals surface area contributed by atoms with Gasteiger partial charge in [-0.05, 0) is 48.6 Å². The minimum atomic E-state index is -0.637. The molecule has 1 heterocycles. The van der Waals surface area contributed by atoms with Gasteiger partial charge in [-0.2, -0.15) is 0 Å². The highest BCUT2D eigenvalue weighted by atomic mass is 19.1. The Morgan fingerprint density at radius 2 is 1.67 bits per heavy atom. The van der Waals surface area contributed by atoms with Crippen molar-refractivity contribution in [2.24, 2.45) is 0 Å². The van der Waals surface area contributed by atoms with Gasteiger partial charge in [-0.15, -0.1) is 0 Å². The third kappa shape index (κ3) is 2.93. The van der Waals surface area contributed by atoms with Crippen LogP contribution in [0.3, 0.4) is 0 Å². The van der Waals surface area contributed by atoms with Gasteiger partial charge in [0, 0.05) is 13.1 Å². The summed E-state index contributed by atoms with van der Waals surface area (Å²) in [6, 6.07) is 13.5. The first-order valence-corrected chi connectivity index (χ1v) is 7.44. The van der Waals surface area contributed by atoms with Crippen LogP contribution in [0, 0.1) is 5.82 Å². The van der Waals surface area contributed by atoms with E-state index in [9.17, 15) is 9.50 Å². The van der Waals surface area contributed by atoms with E-state index in [1.165, 1.54) is 17.2 Å². The number of rotatable bonds is 2. The van der Waals surface area contributed by atoms with Crippen molar-refractivity contribution in [3.05, 3.63) is 65.0 Å². The zero-order chi connectivity index (χ0) is 14.8. The molecular formula is C18H20FNO. The van der Waals surface area contributed by atoms with Gasteiger partial charge in [0.25, 0.3) is 0 Å². The summed E-state index contributed by atoms with van der Waals surface area (Å²) in [7, 11) is 0. The monoisotopic (exact) mass is 285 g/mol. The fraction of sp³-hybridized carbons (Fsp3) is 0.333. The van der Waals surface area contributed by atoms with E-state index in [4.69, 9.17) is 0 Å². The molecule has 1 unspecified atom stereocenters. The molecule has 2 nitrogen and oxygen atoms in total. The molecule has 0 saturated carbocycles. The van der Waals surface area contributed by atoms with Crippen LogP contribution in [0.4, 0.5) is 10.1 Å². The standard InChI is InChI=1S/C18H20FNO/c1-13(21)16-6-7-18(17(19)12-16)20-10-8-14-4-2-3-5-15(14)9-11-20/h2-7,12-13,21H,8-11H2,1H3. The molecule has 0 radical (unpaired) electrons. The average Bonchev–Trinajstić information content (AvgIpc) is 2.70. The van der Waals surface area contributed by atoms with Crippen molar-refractivity contribution in [3.63, 3.8) is 0 Å². The van der Waals surface area contributed by atoms with E-state index in [-0.39, 0.29) is 5.82 Å². The highest BCUT2D eigenvalue weighted by Crippen LogP contribution is 2.26. The van der Waals surface area contributed by atoms with Crippen LogP contribution in [-0.2, 0) is 12.8 Å². The molecule has 0 fully saturated rings. The maximum Gasteiger partial charge on any atom is 0.146 e. The number of benzene rings is 2. The number of hydrogen-bond donors (Lipinski definition) is 1. The lowest BCUT2D eigenvalue weighted by Crippen LogP contribution is -2.27. The third-order valence-electron chi connectivity index (χ3n) is 4.22. The predicted octanol–water partition coefficient (Wildman–Crippen LogP) is 3.48. The molecule has 0 saturated heterocycles. The van der Waals surface area contributed by atoms with Gasteiger partial charge in [0.1, 0.15) is 5.82 Å². The Hall–Kier alpha value is -1.87. The van der Waals surface area contributed by atoms with Crippen molar-refractivity contribution in [1.82, 2.24) is 0 Å². The molecule has 21 heavy (non-hydrogen) atoms. The third-order valence-corrected chi connectivity index (χ3v) is 4.22. The van der Waals surface area contributed by atoms with Gasteiger partial charge < -0.3 is 10.0 Å².